The van der Waals surface area contributed by atoms with E-state index < -0.39 is 5.41 Å². The molecule has 0 fully saturated rings. The van der Waals surface area contributed by atoms with Gasteiger partial charge >= 0.3 is 0 Å². The average molecular weight is 272 g/mol. The second-order valence-corrected chi connectivity index (χ2v) is 3.22. The van der Waals surface area contributed by atoms with Gasteiger partial charge in [-0.1, -0.05) is 6.92 Å². The predicted molar refractivity (Wildman–Crippen MR) is 50.5 cm³/mol. The summed E-state index contributed by atoms with van der Waals surface area (Å²) in [5.41, 5.74) is -0.679. The molecule has 11 heavy (non-hydrogen) atoms. The van der Waals surface area contributed by atoms with Gasteiger partial charge in [-0.25, -0.2) is 0 Å². The Balaban J connectivity index is 4.32. The van der Waals surface area contributed by atoms with Crippen LogP contribution < -0.4 is 0 Å². The molecule has 0 aliphatic rings. The quantitative estimate of drug-likeness (QED) is 0.768. The molecule has 0 rings (SSSR count). The molecule has 1 atom stereocenters. The maximum absolute atomic E-state index is 11.1. The minimum atomic E-state index is -0.679. The number of rotatable bonds is 5. The molecule has 0 amide bonds. The van der Waals surface area contributed by atoms with Gasteiger partial charge in [0.1, 0.15) is 28.8 Å². The van der Waals surface area contributed by atoms with Gasteiger partial charge in [-0.3, -0.25) is 4.79 Å². The molecule has 1 unspecified atom stereocenters. The standard InChI is InChI=1S/C7H13IO3/c1-3-7(4-9,5-11-8)6(2)10/h9H,3-5H2,1-2H3. The molecule has 0 spiro atoms. The summed E-state index contributed by atoms with van der Waals surface area (Å²) in [6, 6.07) is 0. The second kappa shape index (κ2) is 5.05. The molecule has 0 aromatic heterocycles. The van der Waals surface area contributed by atoms with Crippen LogP contribution >= 0.6 is 23.0 Å². The van der Waals surface area contributed by atoms with Crippen LogP contribution in [0, 0.1) is 5.41 Å². The number of ketones is 1. The molecule has 1 N–H and O–H groups in total. The summed E-state index contributed by atoms with van der Waals surface area (Å²) in [6.45, 7) is 3.50. The van der Waals surface area contributed by atoms with Gasteiger partial charge in [0.25, 0.3) is 0 Å². The lowest BCUT2D eigenvalue weighted by atomic mass is 9.83. The number of aliphatic hydroxyl groups excluding tert-OH is 1. The maximum Gasteiger partial charge on any atom is 0.140 e. The van der Waals surface area contributed by atoms with Gasteiger partial charge in [-0.15, -0.1) is 0 Å². The monoisotopic (exact) mass is 272 g/mol. The average Bonchev–Trinajstić information content (AvgIpc) is 2.00. The third kappa shape index (κ3) is 2.68. The lowest BCUT2D eigenvalue weighted by molar-refractivity contribution is -0.130. The van der Waals surface area contributed by atoms with Gasteiger partial charge in [-0.2, -0.15) is 0 Å². The maximum atomic E-state index is 11.1. The lowest BCUT2D eigenvalue weighted by Crippen LogP contribution is -2.36. The van der Waals surface area contributed by atoms with Crippen LogP contribution in [-0.2, 0) is 7.86 Å². The van der Waals surface area contributed by atoms with E-state index >= 15 is 0 Å². The number of carbonyl (C=O) groups is 1. The van der Waals surface area contributed by atoms with Crippen LogP contribution in [0.5, 0.6) is 0 Å². The highest BCUT2D eigenvalue weighted by Crippen LogP contribution is 2.23. The minimum absolute atomic E-state index is 0.0147. The molecule has 0 bridgehead atoms. The van der Waals surface area contributed by atoms with Crippen LogP contribution in [0.3, 0.4) is 0 Å². The van der Waals surface area contributed by atoms with Crippen molar-refractivity contribution in [2.24, 2.45) is 5.41 Å². The van der Waals surface area contributed by atoms with Gasteiger partial charge < -0.3 is 8.17 Å². The predicted octanol–water partition coefficient (Wildman–Crippen LogP) is 1.33. The fourth-order valence-electron chi connectivity index (χ4n) is 0.826. The Hall–Kier alpha value is 0.320. The summed E-state index contributed by atoms with van der Waals surface area (Å²) in [7, 11) is 0. The first-order valence-corrected chi connectivity index (χ1v) is 4.36. The number of carbonyl (C=O) groups excluding carboxylic acids is 1. The van der Waals surface area contributed by atoms with Crippen molar-refractivity contribution < 1.29 is 13.0 Å². The Bertz CT molecular complexity index is 132. The van der Waals surface area contributed by atoms with Gasteiger partial charge in [0.05, 0.1) is 18.6 Å². The molecule has 0 heterocycles. The third-order valence-corrected chi connectivity index (χ3v) is 2.37. The Morgan fingerprint density at radius 1 is 1.73 bits per heavy atom. The van der Waals surface area contributed by atoms with Crippen molar-refractivity contribution in [2.45, 2.75) is 20.3 Å². The molecule has 3 nitrogen and oxygen atoms in total. The van der Waals surface area contributed by atoms with E-state index in [-0.39, 0.29) is 19.0 Å². The van der Waals surface area contributed by atoms with Crippen molar-refractivity contribution in [3.63, 3.8) is 0 Å². The first kappa shape index (κ1) is 11.3. The van der Waals surface area contributed by atoms with E-state index in [0.717, 1.165) is 0 Å². The Labute approximate surface area is 80.8 Å². The summed E-state index contributed by atoms with van der Waals surface area (Å²) in [5, 5.41) is 8.97. The summed E-state index contributed by atoms with van der Waals surface area (Å²) in [5.74, 6) is -0.0147. The number of Topliss-reactive ketones (excluding diaryl/α,β-unsaturated/α-hetero) is 1. The highest BCUT2D eigenvalue weighted by atomic mass is 127. The molecule has 66 valence electrons. The summed E-state index contributed by atoms with van der Waals surface area (Å²) in [6.07, 6.45) is 0.613. The largest absolute Gasteiger partial charge is 0.395 e. The molecular weight excluding hydrogens is 259 g/mol. The molecule has 0 aromatic rings. The summed E-state index contributed by atoms with van der Waals surface area (Å²) in [4.78, 5) is 11.1. The first-order chi connectivity index (χ1) is 5.13. The molecule has 4 heteroatoms. The fraction of sp³-hybridized carbons (Fsp3) is 0.857. The Morgan fingerprint density at radius 2 is 2.27 bits per heavy atom. The number of hydrogen-bond acceptors (Lipinski definition) is 3. The molecule has 0 saturated carbocycles. The van der Waals surface area contributed by atoms with E-state index in [1.807, 2.05) is 6.92 Å². The van der Waals surface area contributed by atoms with Crippen molar-refractivity contribution in [3.8, 4) is 0 Å². The second-order valence-electron chi connectivity index (χ2n) is 2.60. The molecule has 0 radical (unpaired) electrons. The molecule has 0 aliphatic heterocycles. The van der Waals surface area contributed by atoms with Crippen molar-refractivity contribution in [1.29, 1.82) is 0 Å². The highest BCUT2D eigenvalue weighted by molar-refractivity contribution is 14.1. The summed E-state index contributed by atoms with van der Waals surface area (Å²) < 4.78 is 4.84. The van der Waals surface area contributed by atoms with Crippen molar-refractivity contribution in [1.82, 2.24) is 0 Å². The zero-order valence-corrected chi connectivity index (χ0v) is 8.92. The van der Waals surface area contributed by atoms with Crippen LogP contribution in [0.15, 0.2) is 0 Å². The lowest BCUT2D eigenvalue weighted by Gasteiger charge is -2.25. The number of halogens is 1. The van der Waals surface area contributed by atoms with Crippen molar-refractivity contribution >= 4 is 28.8 Å². The number of hydrogen-bond donors (Lipinski definition) is 1. The smallest absolute Gasteiger partial charge is 0.140 e. The third-order valence-electron chi connectivity index (χ3n) is 2.06. The van der Waals surface area contributed by atoms with Gasteiger partial charge in [0.15, 0.2) is 0 Å². The molecular formula is C7H13IO3. The minimum Gasteiger partial charge on any atom is -0.395 e. The molecule has 0 aliphatic carbocycles. The van der Waals surface area contributed by atoms with Gasteiger partial charge in [0, 0.05) is 0 Å². The van der Waals surface area contributed by atoms with E-state index in [1.54, 1.807) is 23.0 Å². The SMILES string of the molecule is CCC(CO)(COI)C(C)=O. The van der Waals surface area contributed by atoms with Crippen LogP contribution in [0.25, 0.3) is 0 Å². The zero-order chi connectivity index (χ0) is 8.91. The Kier molecular flexibility index (Phi) is 5.20. The van der Waals surface area contributed by atoms with Gasteiger partial charge in [0.2, 0.25) is 0 Å². The Morgan fingerprint density at radius 3 is 2.36 bits per heavy atom. The van der Waals surface area contributed by atoms with Gasteiger partial charge in [-0.05, 0) is 13.3 Å². The van der Waals surface area contributed by atoms with E-state index in [4.69, 9.17) is 8.17 Å². The molecule has 0 aromatic carbocycles. The topological polar surface area (TPSA) is 46.5 Å². The van der Waals surface area contributed by atoms with Crippen molar-refractivity contribution in [3.05, 3.63) is 0 Å². The fourth-order valence-corrected chi connectivity index (χ4v) is 1.42. The van der Waals surface area contributed by atoms with Crippen LogP contribution in [0.2, 0.25) is 0 Å². The van der Waals surface area contributed by atoms with E-state index in [1.165, 1.54) is 6.92 Å². The molecule has 0 saturated heterocycles. The van der Waals surface area contributed by atoms with Crippen LogP contribution in [0.4, 0.5) is 0 Å². The highest BCUT2D eigenvalue weighted by Gasteiger charge is 2.32. The summed E-state index contributed by atoms with van der Waals surface area (Å²) >= 11 is 1.73. The van der Waals surface area contributed by atoms with Crippen LogP contribution in [0.1, 0.15) is 20.3 Å². The van der Waals surface area contributed by atoms with Crippen molar-refractivity contribution in [2.75, 3.05) is 13.2 Å². The number of aliphatic hydroxyl groups is 1. The van der Waals surface area contributed by atoms with E-state index in [2.05, 4.69) is 0 Å². The van der Waals surface area contributed by atoms with E-state index in [9.17, 15) is 4.79 Å². The van der Waals surface area contributed by atoms with Crippen LogP contribution in [-0.4, -0.2) is 24.1 Å². The zero-order valence-electron chi connectivity index (χ0n) is 6.76. The normalized spacial score (nSPS) is 16.0. The first-order valence-electron chi connectivity index (χ1n) is 3.48. The van der Waals surface area contributed by atoms with E-state index in [0.29, 0.717) is 6.42 Å².